The highest BCUT2D eigenvalue weighted by Crippen LogP contribution is 2.35. The van der Waals surface area contributed by atoms with E-state index in [9.17, 15) is 4.39 Å². The Morgan fingerprint density at radius 2 is 1.78 bits per heavy atom. The molecule has 2 aromatic carbocycles. The van der Waals surface area contributed by atoms with E-state index >= 15 is 0 Å². The molecular weight excluding hydrogens is 483 g/mol. The van der Waals surface area contributed by atoms with Gasteiger partial charge in [0.25, 0.3) is 0 Å². The summed E-state index contributed by atoms with van der Waals surface area (Å²) < 4.78 is 17.9. The molecule has 0 spiro atoms. The maximum absolute atomic E-state index is 14.6. The minimum Gasteiger partial charge on any atom is -0.353 e. The molecule has 0 aliphatic carbocycles. The minimum absolute atomic E-state index is 0.277. The van der Waals surface area contributed by atoms with Crippen molar-refractivity contribution in [2.24, 2.45) is 0 Å². The van der Waals surface area contributed by atoms with Gasteiger partial charge in [0.1, 0.15) is 5.82 Å². The van der Waals surface area contributed by atoms with Crippen LogP contribution in [0.2, 0.25) is 0 Å². The third-order valence-electron chi connectivity index (χ3n) is 6.25. The number of aromatic amines is 2. The SMILES string of the molecule is C=S(=C)(C)NCc1cc(F)cc(-c2cccc3[nH]c(-c4[nH]nc5ncc(-c6ccncc6)cc45)cc23)c1. The van der Waals surface area contributed by atoms with Gasteiger partial charge in [0.2, 0.25) is 0 Å². The molecule has 0 fully saturated rings. The van der Waals surface area contributed by atoms with Crippen LogP contribution in [0.1, 0.15) is 5.56 Å². The predicted molar refractivity (Wildman–Crippen MR) is 154 cm³/mol. The molecule has 0 amide bonds. The van der Waals surface area contributed by atoms with Crippen LogP contribution in [0, 0.1) is 5.82 Å². The quantitative estimate of drug-likeness (QED) is 0.231. The Bertz CT molecular complexity index is 1870. The number of halogens is 1. The van der Waals surface area contributed by atoms with E-state index in [-0.39, 0.29) is 5.82 Å². The van der Waals surface area contributed by atoms with Gasteiger partial charge in [-0.3, -0.25) is 14.8 Å². The maximum Gasteiger partial charge on any atom is 0.181 e. The summed E-state index contributed by atoms with van der Waals surface area (Å²) in [5.74, 6) is 7.82. The van der Waals surface area contributed by atoms with Crippen molar-refractivity contribution in [1.29, 1.82) is 0 Å². The Balaban J connectivity index is 1.44. The molecule has 184 valence electrons. The van der Waals surface area contributed by atoms with E-state index in [2.05, 4.69) is 53.7 Å². The van der Waals surface area contributed by atoms with Gasteiger partial charge in [-0.05, 0) is 77.0 Å². The highest BCUT2D eigenvalue weighted by Gasteiger charge is 2.15. The molecule has 4 heterocycles. The fraction of sp³-hybridized carbons (Fsp3) is 0.0690. The summed E-state index contributed by atoms with van der Waals surface area (Å²) in [5, 5.41) is 9.46. The molecule has 8 heteroatoms. The molecule has 37 heavy (non-hydrogen) atoms. The maximum atomic E-state index is 14.6. The third kappa shape index (κ3) is 4.64. The third-order valence-corrected chi connectivity index (χ3v) is 7.09. The van der Waals surface area contributed by atoms with E-state index in [1.165, 1.54) is 0 Å². The van der Waals surface area contributed by atoms with Crippen molar-refractivity contribution in [3.8, 4) is 33.6 Å². The van der Waals surface area contributed by atoms with E-state index in [1.54, 1.807) is 24.5 Å². The average Bonchev–Trinajstić information content (AvgIpc) is 3.51. The summed E-state index contributed by atoms with van der Waals surface area (Å²) in [6.07, 6.45) is 7.31. The summed E-state index contributed by atoms with van der Waals surface area (Å²) in [4.78, 5) is 12.2. The van der Waals surface area contributed by atoms with Gasteiger partial charge in [-0.2, -0.15) is 14.5 Å². The number of nitrogens with zero attached hydrogens (tertiary/aromatic N) is 3. The van der Waals surface area contributed by atoms with E-state index in [0.717, 1.165) is 55.5 Å². The van der Waals surface area contributed by atoms with Crippen LogP contribution in [0.5, 0.6) is 0 Å². The lowest BCUT2D eigenvalue weighted by atomic mass is 9.99. The van der Waals surface area contributed by atoms with Crippen molar-refractivity contribution in [1.82, 2.24) is 29.9 Å². The molecule has 0 aliphatic heterocycles. The summed E-state index contributed by atoms with van der Waals surface area (Å²) in [7, 11) is -1.40. The van der Waals surface area contributed by atoms with Crippen molar-refractivity contribution >= 4 is 43.1 Å². The van der Waals surface area contributed by atoms with Gasteiger partial charge in [0, 0.05) is 47.0 Å². The Labute approximate surface area is 214 Å². The molecule has 0 unspecified atom stereocenters. The first-order valence-electron chi connectivity index (χ1n) is 11.7. The highest BCUT2D eigenvalue weighted by atomic mass is 32.2. The molecule has 0 atom stereocenters. The predicted octanol–water partition coefficient (Wildman–Crippen LogP) is 6.28. The molecule has 0 saturated carbocycles. The van der Waals surface area contributed by atoms with Crippen molar-refractivity contribution < 1.29 is 4.39 Å². The van der Waals surface area contributed by atoms with Crippen molar-refractivity contribution in [2.45, 2.75) is 6.54 Å². The van der Waals surface area contributed by atoms with Crippen molar-refractivity contribution in [3.63, 3.8) is 0 Å². The lowest BCUT2D eigenvalue weighted by Gasteiger charge is -2.12. The summed E-state index contributed by atoms with van der Waals surface area (Å²) in [6.45, 7) is 0.505. The molecule has 6 nitrogen and oxygen atoms in total. The van der Waals surface area contributed by atoms with Gasteiger partial charge in [0.15, 0.2) is 5.65 Å². The van der Waals surface area contributed by atoms with Gasteiger partial charge in [-0.25, -0.2) is 9.37 Å². The number of pyridine rings is 2. The second kappa shape index (κ2) is 8.99. The standard InChI is InChI=1S/C29H25FN6S/c1-37(2,3)33-16-18-11-20(13-22(30)12-18)23-5-4-6-26-24(23)15-27(34-26)28-25-14-21(17-32-29(25)36-35-28)19-7-9-31-10-8-19/h4-15,17,33-34H,1-2,16H2,3H3,(H,32,35,36). The second-order valence-corrected chi connectivity index (χ2v) is 12.2. The van der Waals surface area contributed by atoms with Crippen molar-refractivity contribution in [2.75, 3.05) is 6.26 Å². The van der Waals surface area contributed by atoms with Crippen LogP contribution in [-0.2, 0) is 6.54 Å². The summed E-state index contributed by atoms with van der Waals surface area (Å²) >= 11 is 0. The largest absolute Gasteiger partial charge is 0.353 e. The zero-order chi connectivity index (χ0) is 25.6. The van der Waals surface area contributed by atoms with Gasteiger partial charge >= 0.3 is 0 Å². The number of benzene rings is 2. The van der Waals surface area contributed by atoms with Gasteiger partial charge in [-0.15, -0.1) is 0 Å². The van der Waals surface area contributed by atoms with E-state index < -0.39 is 9.39 Å². The average molecular weight is 509 g/mol. The first-order chi connectivity index (χ1) is 17.8. The van der Waals surface area contributed by atoms with Crippen LogP contribution in [0.4, 0.5) is 4.39 Å². The number of hydrogen-bond donors (Lipinski definition) is 3. The minimum atomic E-state index is -1.40. The molecular formula is C29H25FN6S. The number of H-pyrrole nitrogens is 2. The molecule has 6 aromatic rings. The number of rotatable bonds is 6. The Hall–Kier alpha value is -4.27. The highest BCUT2D eigenvalue weighted by molar-refractivity contribution is 8.25. The number of fused-ring (bicyclic) bond motifs is 2. The molecule has 0 bridgehead atoms. The number of nitrogens with one attached hydrogen (secondary N) is 3. The molecule has 0 radical (unpaired) electrons. The Morgan fingerprint density at radius 1 is 0.946 bits per heavy atom. The summed E-state index contributed by atoms with van der Waals surface area (Å²) in [6, 6.07) is 19.2. The smallest absolute Gasteiger partial charge is 0.181 e. The zero-order valence-corrected chi connectivity index (χ0v) is 21.1. The van der Waals surface area contributed by atoms with Crippen LogP contribution >= 0.6 is 9.39 Å². The lowest BCUT2D eigenvalue weighted by molar-refractivity contribution is 0.625. The van der Waals surface area contributed by atoms with Crippen molar-refractivity contribution in [3.05, 3.63) is 90.6 Å². The molecule has 6 rings (SSSR count). The molecule has 3 N–H and O–H groups in total. The number of hydrogen-bond acceptors (Lipinski definition) is 4. The zero-order valence-electron chi connectivity index (χ0n) is 20.3. The van der Waals surface area contributed by atoms with E-state index in [4.69, 9.17) is 0 Å². The van der Waals surface area contributed by atoms with Gasteiger partial charge in [-0.1, -0.05) is 23.9 Å². The van der Waals surface area contributed by atoms with Crippen LogP contribution in [0.25, 0.3) is 55.6 Å². The number of aromatic nitrogens is 5. The molecule has 0 saturated heterocycles. The van der Waals surface area contributed by atoms with Crippen LogP contribution in [-0.4, -0.2) is 43.1 Å². The van der Waals surface area contributed by atoms with E-state index in [0.29, 0.717) is 12.2 Å². The first kappa shape index (κ1) is 23.1. The fourth-order valence-electron chi connectivity index (χ4n) is 4.51. The molecule has 4 aromatic heterocycles. The van der Waals surface area contributed by atoms with Gasteiger partial charge < -0.3 is 4.98 Å². The second-order valence-electron chi connectivity index (χ2n) is 9.32. The normalized spacial score (nSPS) is 11.9. The van der Waals surface area contributed by atoms with Crippen LogP contribution < -0.4 is 4.72 Å². The van der Waals surface area contributed by atoms with Crippen LogP contribution in [0.3, 0.4) is 0 Å². The Morgan fingerprint density at radius 3 is 2.59 bits per heavy atom. The van der Waals surface area contributed by atoms with Crippen LogP contribution in [0.15, 0.2) is 79.3 Å². The fourth-order valence-corrected chi connectivity index (χ4v) is 5.03. The first-order valence-corrected chi connectivity index (χ1v) is 14.1. The summed E-state index contributed by atoms with van der Waals surface area (Å²) in [5.41, 5.74) is 7.94. The lowest BCUT2D eigenvalue weighted by Crippen LogP contribution is -2.08. The molecule has 0 aliphatic rings. The monoisotopic (exact) mass is 508 g/mol. The van der Waals surface area contributed by atoms with E-state index in [1.807, 2.05) is 48.9 Å². The Kier molecular flexibility index (Phi) is 5.62. The van der Waals surface area contributed by atoms with Gasteiger partial charge in [0.05, 0.1) is 11.4 Å². The topological polar surface area (TPSA) is 82.3 Å².